The van der Waals surface area contributed by atoms with Crippen LogP contribution in [0.4, 0.5) is 17.6 Å². The normalized spacial score (nSPS) is 29.5. The maximum Gasteiger partial charge on any atom is 0.313 e. The number of hydrogen-bond donors (Lipinski definition) is 0. The van der Waals surface area contributed by atoms with Crippen LogP contribution in [0.15, 0.2) is 0 Å². The first-order valence-electron chi connectivity index (χ1n) is 4.02. The molecule has 0 aromatic carbocycles. The van der Waals surface area contributed by atoms with Gasteiger partial charge in [-0.15, -0.1) is 0 Å². The lowest BCUT2D eigenvalue weighted by molar-refractivity contribution is -0.314. The van der Waals surface area contributed by atoms with Crippen LogP contribution in [0.5, 0.6) is 0 Å². The minimum atomic E-state index is -3.91. The number of carbonyl (C=O) groups is 1. The fourth-order valence-electron chi connectivity index (χ4n) is 1.40. The lowest BCUT2D eigenvalue weighted by Crippen LogP contribution is -2.58. The first-order valence-corrected chi connectivity index (χ1v) is 4.02. The molecule has 0 heterocycles. The highest BCUT2D eigenvalue weighted by atomic mass is 19.3. The fourth-order valence-corrected chi connectivity index (χ4v) is 1.40. The molecular weight excluding hydrogens is 188 g/mol. The molecule has 0 aromatic heterocycles. The molecule has 0 aromatic rings. The van der Waals surface area contributed by atoms with Crippen LogP contribution >= 0.6 is 0 Å². The van der Waals surface area contributed by atoms with E-state index in [0.717, 1.165) is 0 Å². The van der Waals surface area contributed by atoms with Crippen molar-refractivity contribution in [3.05, 3.63) is 0 Å². The molecule has 1 aliphatic carbocycles. The summed E-state index contributed by atoms with van der Waals surface area (Å²) in [7, 11) is 0. The minimum absolute atomic E-state index is 0.0453. The number of rotatable bonds is 3. The molecule has 0 N–H and O–H groups in total. The topological polar surface area (TPSA) is 17.1 Å². The van der Waals surface area contributed by atoms with Gasteiger partial charge < -0.3 is 4.79 Å². The second kappa shape index (κ2) is 2.96. The minimum Gasteiger partial charge on any atom is -0.300 e. The quantitative estimate of drug-likeness (QED) is 0.637. The summed E-state index contributed by atoms with van der Waals surface area (Å²) in [4.78, 5) is 10.4. The number of alkyl halides is 4. The first kappa shape index (κ1) is 10.5. The number of ketones is 1. The zero-order valence-electron chi connectivity index (χ0n) is 7.12. The van der Waals surface area contributed by atoms with Crippen molar-refractivity contribution >= 4 is 5.78 Å². The molecule has 1 atom stereocenters. The molecular formula is C8H10F4O. The monoisotopic (exact) mass is 198 g/mol. The molecule has 0 bridgehead atoms. The van der Waals surface area contributed by atoms with Crippen LogP contribution < -0.4 is 0 Å². The number of Topliss-reactive ketones (excluding diaryl/α,β-unsaturated/α-hetero) is 1. The van der Waals surface area contributed by atoms with Gasteiger partial charge in [-0.25, -0.2) is 0 Å². The van der Waals surface area contributed by atoms with Crippen LogP contribution in [-0.2, 0) is 4.79 Å². The zero-order chi connectivity index (χ0) is 10.3. The summed E-state index contributed by atoms with van der Waals surface area (Å²) in [5.41, 5.74) is 0. The van der Waals surface area contributed by atoms with E-state index in [4.69, 9.17) is 0 Å². The average molecular weight is 198 g/mol. The van der Waals surface area contributed by atoms with Crippen LogP contribution in [0, 0.1) is 5.92 Å². The molecule has 0 saturated heterocycles. The smallest absolute Gasteiger partial charge is 0.300 e. The van der Waals surface area contributed by atoms with Gasteiger partial charge in [0.25, 0.3) is 0 Å². The molecule has 1 fully saturated rings. The predicted octanol–water partition coefficient (Wildman–Crippen LogP) is 2.65. The van der Waals surface area contributed by atoms with E-state index in [2.05, 4.69) is 0 Å². The summed E-state index contributed by atoms with van der Waals surface area (Å²) in [5.74, 6) is -9.35. The van der Waals surface area contributed by atoms with Gasteiger partial charge in [-0.1, -0.05) is 0 Å². The molecule has 0 radical (unpaired) electrons. The highest BCUT2D eigenvalue weighted by Crippen LogP contribution is 2.56. The zero-order valence-corrected chi connectivity index (χ0v) is 7.12. The maximum absolute atomic E-state index is 12.6. The van der Waals surface area contributed by atoms with Gasteiger partial charge in [-0.05, 0) is 13.3 Å². The van der Waals surface area contributed by atoms with Crippen LogP contribution in [0.1, 0.15) is 26.2 Å². The third-order valence-electron chi connectivity index (χ3n) is 2.35. The summed E-state index contributed by atoms with van der Waals surface area (Å²) in [6.07, 6.45) is -0.985. The van der Waals surface area contributed by atoms with E-state index in [9.17, 15) is 22.4 Å². The summed E-state index contributed by atoms with van der Waals surface area (Å²) in [6.45, 7) is 1.26. The molecule has 0 spiro atoms. The van der Waals surface area contributed by atoms with E-state index in [1.807, 2.05) is 0 Å². The third-order valence-corrected chi connectivity index (χ3v) is 2.35. The van der Waals surface area contributed by atoms with E-state index in [1.54, 1.807) is 0 Å². The Balaban J connectivity index is 2.45. The molecule has 1 aliphatic rings. The molecule has 1 nitrogen and oxygen atoms in total. The van der Waals surface area contributed by atoms with Crippen molar-refractivity contribution in [2.24, 2.45) is 5.92 Å². The standard InChI is InChI=1S/C8H10F4O/c1-5(13)2-3-6-4-7(9,10)8(6,11)12/h6H,2-4H2,1H3. The summed E-state index contributed by atoms with van der Waals surface area (Å²) in [6, 6.07) is 0. The third kappa shape index (κ3) is 1.69. The predicted molar refractivity (Wildman–Crippen MR) is 37.9 cm³/mol. The Labute approximate surface area is 73.1 Å². The fraction of sp³-hybridized carbons (Fsp3) is 0.875. The molecule has 1 saturated carbocycles. The summed E-state index contributed by atoms with van der Waals surface area (Å²) < 4.78 is 49.7. The van der Waals surface area contributed by atoms with Gasteiger partial charge in [-0.2, -0.15) is 17.6 Å². The Morgan fingerprint density at radius 3 is 2.23 bits per heavy atom. The van der Waals surface area contributed by atoms with Crippen LogP contribution in [0.2, 0.25) is 0 Å². The van der Waals surface area contributed by atoms with Crippen molar-refractivity contribution in [2.75, 3.05) is 0 Å². The van der Waals surface area contributed by atoms with Crippen molar-refractivity contribution in [1.29, 1.82) is 0 Å². The van der Waals surface area contributed by atoms with Crippen molar-refractivity contribution in [3.8, 4) is 0 Å². The van der Waals surface area contributed by atoms with E-state index in [1.165, 1.54) is 6.92 Å². The van der Waals surface area contributed by atoms with Crippen molar-refractivity contribution in [1.82, 2.24) is 0 Å². The summed E-state index contributed by atoms with van der Waals surface area (Å²) in [5, 5.41) is 0. The lowest BCUT2D eigenvalue weighted by atomic mass is 9.74. The van der Waals surface area contributed by atoms with Gasteiger partial charge in [0.15, 0.2) is 0 Å². The van der Waals surface area contributed by atoms with Crippen LogP contribution in [0.3, 0.4) is 0 Å². The maximum atomic E-state index is 12.6. The Bertz CT molecular complexity index is 224. The van der Waals surface area contributed by atoms with Gasteiger partial charge in [-0.3, -0.25) is 0 Å². The van der Waals surface area contributed by atoms with Gasteiger partial charge >= 0.3 is 11.8 Å². The van der Waals surface area contributed by atoms with E-state index in [0.29, 0.717) is 0 Å². The Morgan fingerprint density at radius 2 is 1.92 bits per heavy atom. The highest BCUT2D eigenvalue weighted by Gasteiger charge is 2.70. The molecule has 5 heteroatoms. The summed E-state index contributed by atoms with van der Waals surface area (Å²) >= 11 is 0. The second-order valence-electron chi connectivity index (χ2n) is 3.47. The molecule has 0 aliphatic heterocycles. The van der Waals surface area contributed by atoms with Gasteiger partial charge in [0.05, 0.1) is 0 Å². The van der Waals surface area contributed by atoms with E-state index < -0.39 is 24.2 Å². The Morgan fingerprint density at radius 1 is 1.38 bits per heavy atom. The average Bonchev–Trinajstić information content (AvgIpc) is 1.97. The second-order valence-corrected chi connectivity index (χ2v) is 3.47. The molecule has 1 unspecified atom stereocenters. The highest BCUT2D eigenvalue weighted by molar-refractivity contribution is 5.75. The van der Waals surface area contributed by atoms with Crippen molar-refractivity contribution in [2.45, 2.75) is 38.0 Å². The van der Waals surface area contributed by atoms with Gasteiger partial charge in [0.2, 0.25) is 0 Å². The largest absolute Gasteiger partial charge is 0.313 e. The SMILES string of the molecule is CC(=O)CCC1CC(F)(F)C1(F)F. The van der Waals surface area contributed by atoms with Crippen molar-refractivity contribution in [3.63, 3.8) is 0 Å². The molecule has 76 valence electrons. The van der Waals surface area contributed by atoms with Crippen molar-refractivity contribution < 1.29 is 22.4 Å². The lowest BCUT2D eigenvalue weighted by Gasteiger charge is -2.43. The number of carbonyl (C=O) groups excluding carboxylic acids is 1. The van der Waals surface area contributed by atoms with E-state index in [-0.39, 0.29) is 18.6 Å². The number of halogens is 4. The van der Waals surface area contributed by atoms with Gasteiger partial charge in [0, 0.05) is 18.8 Å². The first-order chi connectivity index (χ1) is 5.77. The Kier molecular flexibility index (Phi) is 2.38. The Hall–Kier alpha value is -0.610. The molecule has 1 rings (SSSR count). The number of hydrogen-bond acceptors (Lipinski definition) is 1. The molecule has 13 heavy (non-hydrogen) atoms. The molecule has 0 amide bonds. The van der Waals surface area contributed by atoms with Crippen LogP contribution in [-0.4, -0.2) is 17.6 Å². The van der Waals surface area contributed by atoms with E-state index >= 15 is 0 Å². The van der Waals surface area contributed by atoms with Gasteiger partial charge in [0.1, 0.15) is 5.78 Å². The van der Waals surface area contributed by atoms with Crippen LogP contribution in [0.25, 0.3) is 0 Å².